The lowest BCUT2D eigenvalue weighted by Gasteiger charge is -2.31. The number of primary amides is 1. The van der Waals surface area contributed by atoms with Gasteiger partial charge in [0, 0.05) is 30.7 Å². The minimum atomic E-state index is -3.25. The molecule has 0 bridgehead atoms. The molecule has 1 saturated heterocycles. The number of nitrogens with one attached hydrogen (secondary N) is 2. The molecule has 0 spiro atoms. The van der Waals surface area contributed by atoms with Crippen LogP contribution in [0.25, 0.3) is 22.0 Å². The highest BCUT2D eigenvalue weighted by molar-refractivity contribution is 7.89. The molecule has 1 aromatic heterocycles. The second-order valence-corrected chi connectivity index (χ2v) is 12.8. The molecule has 198 valence electrons. The number of aromatic nitrogens is 1. The molecule has 5 rings (SSSR count). The van der Waals surface area contributed by atoms with Crippen LogP contribution in [-0.2, 0) is 10.0 Å². The van der Waals surface area contributed by atoms with Gasteiger partial charge in [-0.3, -0.25) is 4.79 Å². The molecule has 8 heteroatoms. The molecule has 2 fully saturated rings. The number of sulfonamides is 1. The van der Waals surface area contributed by atoms with Crippen LogP contribution in [0.4, 0.5) is 0 Å². The molecule has 0 atom stereocenters. The number of nitrogens with zero attached hydrogens (tertiary/aromatic N) is 1. The summed E-state index contributed by atoms with van der Waals surface area (Å²) in [5.74, 6) is -0.0410. The first kappa shape index (κ1) is 25.9. The van der Waals surface area contributed by atoms with Gasteiger partial charge in [-0.2, -0.15) is 0 Å². The van der Waals surface area contributed by atoms with Crippen LogP contribution in [-0.4, -0.2) is 55.0 Å². The largest absolute Gasteiger partial charge is 0.366 e. The third-order valence-corrected chi connectivity index (χ3v) is 10.1. The van der Waals surface area contributed by atoms with E-state index in [1.807, 2.05) is 19.2 Å². The third kappa shape index (κ3) is 5.76. The fourth-order valence-corrected chi connectivity index (χ4v) is 7.50. The van der Waals surface area contributed by atoms with Gasteiger partial charge in [-0.1, -0.05) is 42.7 Å². The number of carbonyl (C=O) groups is 1. The summed E-state index contributed by atoms with van der Waals surface area (Å²) < 4.78 is 27.6. The van der Waals surface area contributed by atoms with E-state index >= 15 is 0 Å². The summed E-state index contributed by atoms with van der Waals surface area (Å²) in [6.45, 7) is 3.86. The molecule has 2 aliphatic rings. The Morgan fingerprint density at radius 1 is 1.05 bits per heavy atom. The molecule has 2 aromatic carbocycles. The summed E-state index contributed by atoms with van der Waals surface area (Å²) in [7, 11) is -3.25. The molecule has 2 heterocycles. The van der Waals surface area contributed by atoms with Crippen molar-refractivity contribution in [2.45, 2.75) is 63.8 Å². The van der Waals surface area contributed by atoms with E-state index in [9.17, 15) is 13.2 Å². The Morgan fingerprint density at radius 2 is 1.76 bits per heavy atom. The maximum absolute atomic E-state index is 13.0. The van der Waals surface area contributed by atoms with Crippen LogP contribution < -0.4 is 11.1 Å². The van der Waals surface area contributed by atoms with Gasteiger partial charge in [0.1, 0.15) is 0 Å². The van der Waals surface area contributed by atoms with Gasteiger partial charge in [0.2, 0.25) is 10.0 Å². The molecule has 1 amide bonds. The van der Waals surface area contributed by atoms with E-state index in [1.54, 1.807) is 4.31 Å². The number of hydrogen-bond donors (Lipinski definition) is 3. The Hall–Kier alpha value is -2.68. The van der Waals surface area contributed by atoms with Crippen molar-refractivity contribution in [2.75, 3.05) is 25.4 Å². The number of fused-ring (bicyclic) bond motifs is 1. The first-order valence-electron chi connectivity index (χ1n) is 13.5. The molecule has 4 N–H and O–H groups in total. The second kappa shape index (κ2) is 11.0. The number of nitrogens with two attached hydrogens (primary N) is 1. The van der Waals surface area contributed by atoms with E-state index in [0.29, 0.717) is 31.1 Å². The molecule has 1 aliphatic heterocycles. The molecule has 0 unspecified atom stereocenters. The number of aromatic amines is 1. The first-order valence-corrected chi connectivity index (χ1v) is 15.2. The summed E-state index contributed by atoms with van der Waals surface area (Å²) in [6, 6.07) is 12.8. The Morgan fingerprint density at radius 3 is 2.43 bits per heavy atom. The molecule has 1 aliphatic carbocycles. The monoisotopic (exact) mass is 522 g/mol. The summed E-state index contributed by atoms with van der Waals surface area (Å²) in [5.41, 5.74) is 11.3. The average molecular weight is 523 g/mol. The maximum Gasteiger partial charge on any atom is 0.250 e. The lowest BCUT2D eigenvalue weighted by Crippen LogP contribution is -2.40. The lowest BCUT2D eigenvalue weighted by atomic mass is 9.88. The van der Waals surface area contributed by atoms with Crippen LogP contribution in [0.15, 0.2) is 42.6 Å². The summed E-state index contributed by atoms with van der Waals surface area (Å²) in [4.78, 5) is 15.6. The molecule has 3 aromatic rings. The zero-order valence-electron chi connectivity index (χ0n) is 21.6. The van der Waals surface area contributed by atoms with Gasteiger partial charge in [0.25, 0.3) is 5.91 Å². The maximum atomic E-state index is 13.0. The quantitative estimate of drug-likeness (QED) is 0.355. The van der Waals surface area contributed by atoms with Crippen LogP contribution in [0, 0.1) is 6.92 Å². The van der Waals surface area contributed by atoms with Crippen LogP contribution >= 0.6 is 0 Å². The standard InChI is InChI=1S/C29H38N4O3S/c1-20-7-9-21(10-8-20)23-17-25-27(19-32-28(25)26(18-23)29(30)34)22-11-14-33(15-12-22)37(35,36)16-4-13-31-24-5-2-3-6-24/h7-10,17-19,22,24,31-32H,2-6,11-16H2,1H3,(H2,30,34). The minimum absolute atomic E-state index is 0.201. The normalized spacial score (nSPS) is 18.1. The van der Waals surface area contributed by atoms with Crippen molar-refractivity contribution in [2.24, 2.45) is 5.73 Å². The van der Waals surface area contributed by atoms with E-state index in [2.05, 4.69) is 40.6 Å². The van der Waals surface area contributed by atoms with Gasteiger partial charge in [0.15, 0.2) is 0 Å². The highest BCUT2D eigenvalue weighted by Crippen LogP contribution is 2.37. The van der Waals surface area contributed by atoms with Crippen LogP contribution in [0.3, 0.4) is 0 Å². The third-order valence-electron chi connectivity index (χ3n) is 8.13. The minimum Gasteiger partial charge on any atom is -0.366 e. The highest BCUT2D eigenvalue weighted by Gasteiger charge is 2.30. The van der Waals surface area contributed by atoms with Crippen molar-refractivity contribution in [3.05, 3.63) is 59.3 Å². The number of piperidine rings is 1. The molecular formula is C29H38N4O3S. The van der Waals surface area contributed by atoms with Crippen molar-refractivity contribution in [1.82, 2.24) is 14.6 Å². The number of benzene rings is 2. The predicted molar refractivity (Wildman–Crippen MR) is 149 cm³/mol. The molecular weight excluding hydrogens is 484 g/mol. The van der Waals surface area contributed by atoms with Gasteiger partial charge >= 0.3 is 0 Å². The van der Waals surface area contributed by atoms with Gasteiger partial charge in [-0.05, 0) is 80.3 Å². The smallest absolute Gasteiger partial charge is 0.250 e. The number of amides is 1. The number of aryl methyl sites for hydroxylation is 1. The topological polar surface area (TPSA) is 108 Å². The van der Waals surface area contributed by atoms with Crippen LogP contribution in [0.1, 0.15) is 72.3 Å². The molecule has 7 nitrogen and oxygen atoms in total. The fourth-order valence-electron chi connectivity index (χ4n) is 5.96. The summed E-state index contributed by atoms with van der Waals surface area (Å²) >= 11 is 0. The SMILES string of the molecule is Cc1ccc(-c2cc(C(N)=O)c3[nH]cc(C4CCN(S(=O)(=O)CCCNC5CCCC5)CC4)c3c2)cc1. The van der Waals surface area contributed by atoms with Gasteiger partial charge in [-0.25, -0.2) is 12.7 Å². The van der Waals surface area contributed by atoms with Crippen molar-refractivity contribution in [3.8, 4) is 11.1 Å². The average Bonchev–Trinajstić information content (AvgIpc) is 3.57. The zero-order chi connectivity index (χ0) is 26.0. The van der Waals surface area contributed by atoms with Crippen molar-refractivity contribution in [3.63, 3.8) is 0 Å². The summed E-state index contributed by atoms with van der Waals surface area (Å²) in [6.07, 6.45) is 9.11. The van der Waals surface area contributed by atoms with Crippen LogP contribution in [0.5, 0.6) is 0 Å². The molecule has 0 radical (unpaired) electrons. The number of rotatable bonds is 9. The van der Waals surface area contributed by atoms with Gasteiger partial charge in [0.05, 0.1) is 16.8 Å². The lowest BCUT2D eigenvalue weighted by molar-refractivity contribution is 0.100. The van der Waals surface area contributed by atoms with Crippen molar-refractivity contribution < 1.29 is 13.2 Å². The van der Waals surface area contributed by atoms with Crippen molar-refractivity contribution >= 4 is 26.8 Å². The Bertz CT molecular complexity index is 1350. The Balaban J connectivity index is 1.28. The van der Waals surface area contributed by atoms with E-state index in [-0.39, 0.29) is 11.7 Å². The fraction of sp³-hybridized carbons (Fsp3) is 0.483. The Kier molecular flexibility index (Phi) is 7.70. The van der Waals surface area contributed by atoms with Gasteiger partial charge < -0.3 is 16.0 Å². The van der Waals surface area contributed by atoms with E-state index < -0.39 is 15.9 Å². The number of H-pyrrole nitrogens is 1. The number of hydrogen-bond acceptors (Lipinski definition) is 4. The van der Waals surface area contributed by atoms with Crippen molar-refractivity contribution in [1.29, 1.82) is 0 Å². The Labute approximate surface area is 219 Å². The second-order valence-electron chi connectivity index (χ2n) is 10.7. The van der Waals surface area contributed by atoms with Crippen LogP contribution in [0.2, 0.25) is 0 Å². The molecule has 1 saturated carbocycles. The van der Waals surface area contributed by atoms with E-state index in [0.717, 1.165) is 47.0 Å². The summed E-state index contributed by atoms with van der Waals surface area (Å²) in [5, 5.41) is 4.50. The first-order chi connectivity index (χ1) is 17.8. The zero-order valence-corrected chi connectivity index (χ0v) is 22.4. The van der Waals surface area contributed by atoms with E-state index in [1.165, 1.54) is 31.2 Å². The highest BCUT2D eigenvalue weighted by atomic mass is 32.2. The number of carbonyl (C=O) groups excluding carboxylic acids is 1. The van der Waals surface area contributed by atoms with E-state index in [4.69, 9.17) is 5.73 Å². The molecule has 37 heavy (non-hydrogen) atoms. The predicted octanol–water partition coefficient (Wildman–Crippen LogP) is 4.67. The van der Waals surface area contributed by atoms with Gasteiger partial charge in [-0.15, -0.1) is 0 Å².